The van der Waals surface area contributed by atoms with Crippen molar-refractivity contribution in [3.63, 3.8) is 0 Å². The molecule has 1 saturated heterocycles. The highest BCUT2D eigenvalue weighted by molar-refractivity contribution is 5.50. The third kappa shape index (κ3) is 2.34. The minimum Gasteiger partial charge on any atom is -0.381 e. The second kappa shape index (κ2) is 4.62. The molecule has 18 heavy (non-hydrogen) atoms. The van der Waals surface area contributed by atoms with Crippen LogP contribution in [0.4, 0.5) is 5.69 Å². The molecule has 3 nitrogen and oxygen atoms in total. The maximum absolute atomic E-state index is 8.90. The van der Waals surface area contributed by atoms with Crippen LogP contribution in [0.1, 0.15) is 31.7 Å². The van der Waals surface area contributed by atoms with Crippen LogP contribution in [0.2, 0.25) is 0 Å². The Hall–Kier alpha value is -1.53. The predicted octanol–water partition coefficient (Wildman–Crippen LogP) is 2.60. The van der Waals surface area contributed by atoms with Gasteiger partial charge < -0.3 is 5.32 Å². The first-order chi connectivity index (χ1) is 8.76. The van der Waals surface area contributed by atoms with Crippen LogP contribution in [0.15, 0.2) is 24.3 Å². The highest BCUT2D eigenvalue weighted by Crippen LogP contribution is 2.34. The Morgan fingerprint density at radius 2 is 2.22 bits per heavy atom. The van der Waals surface area contributed by atoms with Crippen LogP contribution < -0.4 is 5.32 Å². The van der Waals surface area contributed by atoms with Crippen LogP contribution in [0, 0.1) is 11.3 Å². The highest BCUT2D eigenvalue weighted by atomic mass is 15.3. The van der Waals surface area contributed by atoms with Crippen LogP contribution in [-0.2, 0) is 0 Å². The fourth-order valence-electron chi connectivity index (χ4n) is 2.99. The molecule has 1 aromatic rings. The van der Waals surface area contributed by atoms with E-state index in [4.69, 9.17) is 5.26 Å². The third-order valence-electron chi connectivity index (χ3n) is 4.00. The zero-order valence-corrected chi connectivity index (χ0v) is 10.8. The number of hydrogen-bond acceptors (Lipinski definition) is 3. The standard InChI is InChI=1S/C15H19N3/c1-11-7-14(10-18(11)15-5-6-15)17-13-4-2-3-12(8-13)9-16/h2-4,8,11,14-15,17H,5-7,10H2,1H3. The van der Waals surface area contributed by atoms with Crippen molar-refractivity contribution in [2.45, 2.75) is 44.3 Å². The van der Waals surface area contributed by atoms with Crippen molar-refractivity contribution in [3.05, 3.63) is 29.8 Å². The van der Waals surface area contributed by atoms with E-state index in [0.717, 1.165) is 23.8 Å². The molecule has 0 amide bonds. The molecular weight excluding hydrogens is 222 g/mol. The second-order valence-electron chi connectivity index (χ2n) is 5.55. The molecule has 3 rings (SSSR count). The van der Waals surface area contributed by atoms with Crippen molar-refractivity contribution in [3.8, 4) is 6.07 Å². The summed E-state index contributed by atoms with van der Waals surface area (Å²) in [4.78, 5) is 2.63. The summed E-state index contributed by atoms with van der Waals surface area (Å²) in [6, 6.07) is 12.0. The quantitative estimate of drug-likeness (QED) is 0.884. The minimum atomic E-state index is 0.523. The smallest absolute Gasteiger partial charge is 0.0992 e. The Morgan fingerprint density at radius 3 is 2.94 bits per heavy atom. The zero-order valence-electron chi connectivity index (χ0n) is 10.8. The summed E-state index contributed by atoms with van der Waals surface area (Å²) in [5.74, 6) is 0. The number of rotatable bonds is 3. The summed E-state index contributed by atoms with van der Waals surface area (Å²) in [5.41, 5.74) is 1.80. The van der Waals surface area contributed by atoms with Crippen LogP contribution in [0.25, 0.3) is 0 Å². The topological polar surface area (TPSA) is 39.1 Å². The number of nitriles is 1. The Bertz CT molecular complexity index is 473. The molecule has 0 spiro atoms. The Morgan fingerprint density at radius 1 is 1.39 bits per heavy atom. The lowest BCUT2D eigenvalue weighted by Gasteiger charge is -2.20. The summed E-state index contributed by atoms with van der Waals surface area (Å²) >= 11 is 0. The van der Waals surface area contributed by atoms with Gasteiger partial charge >= 0.3 is 0 Å². The second-order valence-corrected chi connectivity index (χ2v) is 5.55. The SMILES string of the molecule is CC1CC(Nc2cccc(C#N)c2)CN1C1CC1. The summed E-state index contributed by atoms with van der Waals surface area (Å²) in [7, 11) is 0. The summed E-state index contributed by atoms with van der Waals surface area (Å²) < 4.78 is 0. The molecule has 2 fully saturated rings. The Balaban J connectivity index is 1.64. The summed E-state index contributed by atoms with van der Waals surface area (Å²) in [6.45, 7) is 3.47. The van der Waals surface area contributed by atoms with Gasteiger partial charge in [0, 0.05) is 30.4 Å². The van der Waals surface area contributed by atoms with Crippen LogP contribution in [0.3, 0.4) is 0 Å². The van der Waals surface area contributed by atoms with E-state index in [0.29, 0.717) is 12.1 Å². The lowest BCUT2D eigenvalue weighted by atomic mass is 10.1. The minimum absolute atomic E-state index is 0.523. The van der Waals surface area contributed by atoms with E-state index in [1.54, 1.807) is 0 Å². The zero-order chi connectivity index (χ0) is 12.5. The van der Waals surface area contributed by atoms with E-state index in [1.165, 1.54) is 19.3 Å². The third-order valence-corrected chi connectivity index (χ3v) is 4.00. The number of likely N-dealkylation sites (tertiary alicyclic amines) is 1. The lowest BCUT2D eigenvalue weighted by molar-refractivity contribution is 0.257. The van der Waals surface area contributed by atoms with Gasteiger partial charge in [-0.2, -0.15) is 5.26 Å². The van der Waals surface area contributed by atoms with E-state index >= 15 is 0 Å². The number of benzene rings is 1. The predicted molar refractivity (Wildman–Crippen MR) is 72.4 cm³/mol. The molecule has 1 N–H and O–H groups in total. The van der Waals surface area contributed by atoms with Crippen molar-refractivity contribution in [2.75, 3.05) is 11.9 Å². The van der Waals surface area contributed by atoms with Crippen LogP contribution in [-0.4, -0.2) is 29.6 Å². The first kappa shape index (κ1) is 11.6. The summed E-state index contributed by atoms with van der Waals surface area (Å²) in [6.07, 6.45) is 3.95. The fraction of sp³-hybridized carbons (Fsp3) is 0.533. The van der Waals surface area contributed by atoms with E-state index in [1.807, 2.05) is 24.3 Å². The monoisotopic (exact) mass is 241 g/mol. The molecule has 2 aliphatic rings. The summed E-state index contributed by atoms with van der Waals surface area (Å²) in [5, 5.41) is 12.5. The van der Waals surface area contributed by atoms with Gasteiger partial charge in [0.1, 0.15) is 0 Å². The van der Waals surface area contributed by atoms with Crippen molar-refractivity contribution < 1.29 is 0 Å². The molecule has 1 saturated carbocycles. The van der Waals surface area contributed by atoms with E-state index in [-0.39, 0.29) is 0 Å². The Kier molecular flexibility index (Phi) is 2.97. The van der Waals surface area contributed by atoms with Gasteiger partial charge in [-0.3, -0.25) is 4.90 Å². The lowest BCUT2D eigenvalue weighted by Crippen LogP contribution is -2.31. The van der Waals surface area contributed by atoms with Gasteiger partial charge in [0.2, 0.25) is 0 Å². The molecule has 1 aromatic carbocycles. The molecule has 0 aromatic heterocycles. The molecule has 1 aliphatic heterocycles. The maximum atomic E-state index is 8.90. The van der Waals surface area contributed by atoms with Crippen molar-refractivity contribution >= 4 is 5.69 Å². The van der Waals surface area contributed by atoms with Crippen LogP contribution >= 0.6 is 0 Å². The maximum Gasteiger partial charge on any atom is 0.0992 e. The van der Waals surface area contributed by atoms with E-state index in [9.17, 15) is 0 Å². The van der Waals surface area contributed by atoms with Gasteiger partial charge in [-0.25, -0.2) is 0 Å². The molecule has 94 valence electrons. The first-order valence-electron chi connectivity index (χ1n) is 6.78. The van der Waals surface area contributed by atoms with E-state index < -0.39 is 0 Å². The van der Waals surface area contributed by atoms with Crippen molar-refractivity contribution in [1.29, 1.82) is 5.26 Å². The molecule has 3 heteroatoms. The van der Waals surface area contributed by atoms with Gasteiger partial charge in [0.15, 0.2) is 0 Å². The van der Waals surface area contributed by atoms with Gasteiger partial charge in [-0.15, -0.1) is 0 Å². The normalized spacial score (nSPS) is 28.0. The Labute approximate surface area is 108 Å². The molecule has 0 bridgehead atoms. The first-order valence-corrected chi connectivity index (χ1v) is 6.78. The van der Waals surface area contributed by atoms with Crippen molar-refractivity contribution in [1.82, 2.24) is 4.90 Å². The largest absolute Gasteiger partial charge is 0.381 e. The molecule has 1 heterocycles. The van der Waals surface area contributed by atoms with E-state index in [2.05, 4.69) is 23.2 Å². The molecule has 0 radical (unpaired) electrons. The number of anilines is 1. The van der Waals surface area contributed by atoms with Crippen molar-refractivity contribution in [2.24, 2.45) is 0 Å². The molecule has 2 atom stereocenters. The average Bonchev–Trinajstić information content (AvgIpc) is 3.15. The highest BCUT2D eigenvalue weighted by Gasteiger charge is 2.38. The van der Waals surface area contributed by atoms with Gasteiger partial charge in [0.05, 0.1) is 11.6 Å². The fourth-order valence-corrected chi connectivity index (χ4v) is 2.99. The van der Waals surface area contributed by atoms with Gasteiger partial charge in [0.25, 0.3) is 0 Å². The molecule has 1 aliphatic carbocycles. The number of hydrogen-bond donors (Lipinski definition) is 1. The van der Waals surface area contributed by atoms with Crippen LogP contribution in [0.5, 0.6) is 0 Å². The number of nitrogens with one attached hydrogen (secondary N) is 1. The van der Waals surface area contributed by atoms with Gasteiger partial charge in [-0.05, 0) is 44.4 Å². The number of nitrogens with zero attached hydrogens (tertiary/aromatic N) is 2. The van der Waals surface area contributed by atoms with Gasteiger partial charge in [-0.1, -0.05) is 6.07 Å². The average molecular weight is 241 g/mol. The molecular formula is C15H19N3. The molecule has 2 unspecified atom stereocenters.